The van der Waals surface area contributed by atoms with E-state index in [1.807, 2.05) is 26.8 Å². The molecule has 1 aromatic heterocycles. The third-order valence-electron chi connectivity index (χ3n) is 3.67. The van der Waals surface area contributed by atoms with Crippen LogP contribution in [0.15, 0.2) is 12.3 Å². The van der Waals surface area contributed by atoms with Crippen molar-refractivity contribution in [2.24, 2.45) is 0 Å². The summed E-state index contributed by atoms with van der Waals surface area (Å²) < 4.78 is 11.0. The monoisotopic (exact) mass is 308 g/mol. The number of methoxy groups -OCH3 is 1. The summed E-state index contributed by atoms with van der Waals surface area (Å²) in [5, 5.41) is 2.88. The number of rotatable bonds is 9. The van der Waals surface area contributed by atoms with Crippen LogP contribution >= 0.6 is 0 Å². The van der Waals surface area contributed by atoms with E-state index in [-0.39, 0.29) is 5.91 Å². The molecule has 1 amide bonds. The maximum atomic E-state index is 12.4. The minimum Gasteiger partial charge on any atom is -0.477 e. The number of nitrogens with one attached hydrogen (secondary N) is 1. The van der Waals surface area contributed by atoms with Crippen LogP contribution in [-0.2, 0) is 9.53 Å². The van der Waals surface area contributed by atoms with E-state index in [2.05, 4.69) is 17.2 Å². The van der Waals surface area contributed by atoms with Crippen LogP contribution < -0.4 is 10.1 Å². The van der Waals surface area contributed by atoms with Gasteiger partial charge in [-0.25, -0.2) is 4.98 Å². The summed E-state index contributed by atoms with van der Waals surface area (Å²) in [6, 6.07) is 1.87. The van der Waals surface area contributed by atoms with Crippen molar-refractivity contribution in [2.45, 2.75) is 59.0 Å². The number of carbonyl (C=O) groups is 1. The first kappa shape index (κ1) is 18.4. The van der Waals surface area contributed by atoms with E-state index in [4.69, 9.17) is 9.47 Å². The molecule has 0 bridgehead atoms. The van der Waals surface area contributed by atoms with Gasteiger partial charge in [0, 0.05) is 12.7 Å². The maximum Gasteiger partial charge on any atom is 0.256 e. The molecule has 0 saturated heterocycles. The third kappa shape index (κ3) is 4.98. The molecule has 124 valence electrons. The highest BCUT2D eigenvalue weighted by atomic mass is 16.5. The van der Waals surface area contributed by atoms with Crippen LogP contribution in [0, 0.1) is 6.92 Å². The maximum absolute atomic E-state index is 12.4. The summed E-state index contributed by atoms with van der Waals surface area (Å²) in [5.41, 5.74) is 0.742. The van der Waals surface area contributed by atoms with Crippen molar-refractivity contribution in [3.05, 3.63) is 17.8 Å². The van der Waals surface area contributed by atoms with Crippen molar-refractivity contribution in [3.8, 4) is 5.88 Å². The molecule has 0 radical (unpaired) electrons. The fourth-order valence-corrected chi connectivity index (χ4v) is 2.07. The average Bonchev–Trinajstić information content (AvgIpc) is 2.51. The summed E-state index contributed by atoms with van der Waals surface area (Å²) in [5.74, 6) is 0.465. The predicted molar refractivity (Wildman–Crippen MR) is 88.3 cm³/mol. The van der Waals surface area contributed by atoms with Gasteiger partial charge in [0.05, 0.1) is 18.5 Å². The Kier molecular flexibility index (Phi) is 7.32. The number of hydrogen-bond donors (Lipinski definition) is 1. The van der Waals surface area contributed by atoms with Gasteiger partial charge in [-0.1, -0.05) is 26.7 Å². The summed E-state index contributed by atoms with van der Waals surface area (Å²) in [6.45, 7) is 8.51. The zero-order chi connectivity index (χ0) is 16.6. The van der Waals surface area contributed by atoms with Crippen LogP contribution in [0.4, 0.5) is 5.69 Å². The molecule has 0 saturated carbocycles. The molecule has 1 N–H and O–H groups in total. The number of aryl methyl sites for hydroxylation is 1. The molecule has 1 aromatic rings. The molecular weight excluding hydrogens is 280 g/mol. The highest BCUT2D eigenvalue weighted by molar-refractivity contribution is 5.97. The number of unbranched alkanes of at least 4 members (excludes halogenated alkanes) is 1. The lowest BCUT2D eigenvalue weighted by Crippen LogP contribution is -2.42. The van der Waals surface area contributed by atoms with Gasteiger partial charge in [-0.15, -0.1) is 0 Å². The molecule has 5 heteroatoms. The first-order chi connectivity index (χ1) is 10.5. The van der Waals surface area contributed by atoms with Gasteiger partial charge in [-0.05, 0) is 32.8 Å². The number of aromatic nitrogens is 1. The minimum atomic E-state index is -0.818. The molecule has 0 aliphatic carbocycles. The molecule has 22 heavy (non-hydrogen) atoms. The van der Waals surface area contributed by atoms with Gasteiger partial charge in [-0.3, -0.25) is 4.79 Å². The Morgan fingerprint density at radius 1 is 1.36 bits per heavy atom. The van der Waals surface area contributed by atoms with Gasteiger partial charge < -0.3 is 14.8 Å². The van der Waals surface area contributed by atoms with Gasteiger partial charge in [0.25, 0.3) is 5.91 Å². The van der Waals surface area contributed by atoms with Crippen molar-refractivity contribution in [1.82, 2.24) is 4.98 Å². The second-order valence-electron chi connectivity index (χ2n) is 5.69. The highest BCUT2D eigenvalue weighted by Gasteiger charge is 2.32. The lowest BCUT2D eigenvalue weighted by atomic mass is 9.97. The Labute approximate surface area is 133 Å². The Balaban J connectivity index is 2.76. The normalized spacial score (nSPS) is 13.5. The SMILES string of the molecule is CCCCC(C)(OC)C(=O)Nc1cnc(OCCC)c(C)c1. The lowest BCUT2D eigenvalue weighted by Gasteiger charge is -2.26. The Bertz CT molecular complexity index is 491. The van der Waals surface area contributed by atoms with E-state index < -0.39 is 5.60 Å². The summed E-state index contributed by atoms with van der Waals surface area (Å²) in [7, 11) is 1.57. The molecule has 0 aliphatic heterocycles. The van der Waals surface area contributed by atoms with Gasteiger partial charge in [-0.2, -0.15) is 0 Å². The molecular formula is C17H28N2O3. The van der Waals surface area contributed by atoms with Gasteiger partial charge in [0.2, 0.25) is 5.88 Å². The number of anilines is 1. The Morgan fingerprint density at radius 3 is 2.64 bits per heavy atom. The van der Waals surface area contributed by atoms with Crippen molar-refractivity contribution in [1.29, 1.82) is 0 Å². The molecule has 0 spiro atoms. The van der Waals surface area contributed by atoms with Crippen LogP contribution in [0.1, 0.15) is 52.0 Å². The van der Waals surface area contributed by atoms with E-state index in [1.165, 1.54) is 0 Å². The summed E-state index contributed by atoms with van der Waals surface area (Å²) >= 11 is 0. The first-order valence-corrected chi connectivity index (χ1v) is 7.92. The quantitative estimate of drug-likeness (QED) is 0.755. The van der Waals surface area contributed by atoms with E-state index in [0.717, 1.165) is 24.8 Å². The molecule has 1 unspecified atom stereocenters. The molecule has 5 nitrogen and oxygen atoms in total. The summed E-state index contributed by atoms with van der Waals surface area (Å²) in [4.78, 5) is 16.7. The zero-order valence-corrected chi connectivity index (χ0v) is 14.4. The molecule has 1 heterocycles. The van der Waals surface area contributed by atoms with Crippen LogP contribution in [0.2, 0.25) is 0 Å². The van der Waals surface area contributed by atoms with Crippen molar-refractivity contribution < 1.29 is 14.3 Å². The van der Waals surface area contributed by atoms with E-state index in [9.17, 15) is 4.79 Å². The number of carbonyl (C=O) groups excluding carboxylic acids is 1. The van der Waals surface area contributed by atoms with Gasteiger partial charge >= 0.3 is 0 Å². The molecule has 0 fully saturated rings. The number of hydrogen-bond acceptors (Lipinski definition) is 4. The van der Waals surface area contributed by atoms with Crippen molar-refractivity contribution in [2.75, 3.05) is 19.0 Å². The van der Waals surface area contributed by atoms with E-state index >= 15 is 0 Å². The third-order valence-corrected chi connectivity index (χ3v) is 3.67. The van der Waals surface area contributed by atoms with Crippen molar-refractivity contribution >= 4 is 11.6 Å². The van der Waals surface area contributed by atoms with Gasteiger partial charge in [0.15, 0.2) is 0 Å². The second-order valence-corrected chi connectivity index (χ2v) is 5.69. The Hall–Kier alpha value is -1.62. The topological polar surface area (TPSA) is 60.5 Å². The summed E-state index contributed by atoms with van der Waals surface area (Å²) in [6.07, 6.45) is 5.21. The van der Waals surface area contributed by atoms with E-state index in [0.29, 0.717) is 24.6 Å². The van der Waals surface area contributed by atoms with Crippen LogP contribution in [-0.4, -0.2) is 30.2 Å². The molecule has 1 rings (SSSR count). The highest BCUT2D eigenvalue weighted by Crippen LogP contribution is 2.23. The Morgan fingerprint density at radius 2 is 2.09 bits per heavy atom. The smallest absolute Gasteiger partial charge is 0.256 e. The largest absolute Gasteiger partial charge is 0.477 e. The average molecular weight is 308 g/mol. The number of amides is 1. The number of nitrogens with zero attached hydrogens (tertiary/aromatic N) is 1. The first-order valence-electron chi connectivity index (χ1n) is 7.92. The fourth-order valence-electron chi connectivity index (χ4n) is 2.07. The lowest BCUT2D eigenvalue weighted by molar-refractivity contribution is -0.136. The van der Waals surface area contributed by atoms with Gasteiger partial charge in [0.1, 0.15) is 5.60 Å². The molecule has 1 atom stereocenters. The van der Waals surface area contributed by atoms with E-state index in [1.54, 1.807) is 13.3 Å². The minimum absolute atomic E-state index is 0.146. The number of pyridine rings is 1. The fraction of sp³-hybridized carbons (Fsp3) is 0.647. The zero-order valence-electron chi connectivity index (χ0n) is 14.4. The predicted octanol–water partition coefficient (Wildman–Crippen LogP) is 3.71. The van der Waals surface area contributed by atoms with Crippen LogP contribution in [0.5, 0.6) is 5.88 Å². The molecule has 0 aliphatic rings. The molecule has 0 aromatic carbocycles. The standard InChI is InChI=1S/C17H28N2O3/c1-6-8-9-17(4,21-5)16(20)19-14-11-13(3)15(18-12-14)22-10-7-2/h11-12H,6-10H2,1-5H3,(H,19,20). The van der Waals surface area contributed by atoms with Crippen molar-refractivity contribution in [3.63, 3.8) is 0 Å². The second kappa shape index (κ2) is 8.73. The van der Waals surface area contributed by atoms with Crippen LogP contribution in [0.25, 0.3) is 0 Å². The van der Waals surface area contributed by atoms with Crippen LogP contribution in [0.3, 0.4) is 0 Å². The number of ether oxygens (including phenoxy) is 2.